The Morgan fingerprint density at radius 2 is 1.55 bits per heavy atom. The van der Waals surface area contributed by atoms with Gasteiger partial charge in [0.05, 0.1) is 0 Å². The van der Waals surface area contributed by atoms with E-state index in [1.165, 1.54) is 0 Å². The second-order valence-electron chi connectivity index (χ2n) is 1.79. The molecule has 2 nitrogen and oxygen atoms in total. The van der Waals surface area contributed by atoms with E-state index >= 15 is 0 Å². The Kier molecular flexibility index (Phi) is 2.00. The first-order valence-corrected chi connectivity index (χ1v) is 2.61. The van der Waals surface area contributed by atoms with Crippen molar-refractivity contribution in [3.8, 4) is 5.75 Å². The molecule has 0 atom stereocenters. The lowest BCUT2D eigenvalue weighted by molar-refractivity contribution is -0.138. The fraction of sp³-hybridized carbons (Fsp3) is 0. The van der Waals surface area contributed by atoms with Crippen LogP contribution < -0.4 is 4.89 Å². The standard InChI is InChI=1S/C6H3F3O2/c7-4-1-3(11-10)2-5(8)6(4)9/h1-2,10H. The highest BCUT2D eigenvalue weighted by atomic mass is 19.2. The minimum absolute atomic E-state index is 0.485. The second kappa shape index (κ2) is 2.79. The lowest BCUT2D eigenvalue weighted by atomic mass is 10.3. The molecule has 0 aromatic heterocycles. The van der Waals surface area contributed by atoms with Crippen LogP contribution in [0.25, 0.3) is 0 Å². The van der Waals surface area contributed by atoms with Crippen molar-refractivity contribution >= 4 is 0 Å². The Bertz CT molecular complexity index is 252. The van der Waals surface area contributed by atoms with E-state index in [0.717, 1.165) is 0 Å². The summed E-state index contributed by atoms with van der Waals surface area (Å²) in [6, 6.07) is 1.05. The number of halogens is 3. The van der Waals surface area contributed by atoms with Crippen LogP contribution in [0.5, 0.6) is 5.75 Å². The third-order valence-corrected chi connectivity index (χ3v) is 1.06. The van der Waals surface area contributed by atoms with Gasteiger partial charge in [-0.05, 0) is 0 Å². The van der Waals surface area contributed by atoms with Crippen LogP contribution in [-0.4, -0.2) is 5.26 Å². The average Bonchev–Trinajstić information content (AvgIpc) is 1.99. The van der Waals surface area contributed by atoms with Gasteiger partial charge in [0, 0.05) is 12.1 Å². The molecule has 0 amide bonds. The molecule has 5 heteroatoms. The summed E-state index contributed by atoms with van der Waals surface area (Å²) in [5, 5.41) is 7.92. The minimum Gasteiger partial charge on any atom is -0.340 e. The first kappa shape index (κ1) is 7.87. The van der Waals surface area contributed by atoms with Gasteiger partial charge in [0.1, 0.15) is 0 Å². The Morgan fingerprint density at radius 3 is 1.91 bits per heavy atom. The van der Waals surface area contributed by atoms with Crippen molar-refractivity contribution in [3.05, 3.63) is 29.6 Å². The normalized spacial score (nSPS) is 9.82. The minimum atomic E-state index is -1.59. The first-order chi connectivity index (χ1) is 5.15. The SMILES string of the molecule is OOc1cc(F)c(F)c(F)c1. The topological polar surface area (TPSA) is 29.5 Å². The van der Waals surface area contributed by atoms with Gasteiger partial charge in [0.25, 0.3) is 0 Å². The van der Waals surface area contributed by atoms with Crippen LogP contribution in [-0.2, 0) is 0 Å². The van der Waals surface area contributed by atoms with Gasteiger partial charge < -0.3 is 4.89 Å². The van der Waals surface area contributed by atoms with Crippen LogP contribution in [0.4, 0.5) is 13.2 Å². The third-order valence-electron chi connectivity index (χ3n) is 1.06. The van der Waals surface area contributed by atoms with Crippen molar-refractivity contribution in [1.29, 1.82) is 0 Å². The summed E-state index contributed by atoms with van der Waals surface area (Å²) in [6.45, 7) is 0. The molecular formula is C6H3F3O2. The van der Waals surface area contributed by atoms with Crippen molar-refractivity contribution in [3.63, 3.8) is 0 Å². The van der Waals surface area contributed by atoms with E-state index in [0.29, 0.717) is 12.1 Å². The Balaban J connectivity index is 3.21. The monoisotopic (exact) mass is 164 g/mol. The quantitative estimate of drug-likeness (QED) is 0.390. The summed E-state index contributed by atoms with van der Waals surface area (Å²) in [5.74, 6) is -4.89. The number of rotatable bonds is 1. The molecule has 1 rings (SSSR count). The predicted octanol–water partition coefficient (Wildman–Crippen LogP) is 1.96. The molecule has 1 aromatic carbocycles. The van der Waals surface area contributed by atoms with Gasteiger partial charge >= 0.3 is 0 Å². The third kappa shape index (κ3) is 1.43. The molecule has 0 aliphatic rings. The van der Waals surface area contributed by atoms with Crippen LogP contribution in [0.15, 0.2) is 12.1 Å². The van der Waals surface area contributed by atoms with E-state index in [9.17, 15) is 13.2 Å². The van der Waals surface area contributed by atoms with Gasteiger partial charge in [-0.15, -0.1) is 0 Å². The fourth-order valence-corrected chi connectivity index (χ4v) is 0.585. The van der Waals surface area contributed by atoms with Crippen molar-refractivity contribution in [2.45, 2.75) is 0 Å². The molecule has 1 aromatic rings. The van der Waals surface area contributed by atoms with E-state index in [-0.39, 0.29) is 0 Å². The largest absolute Gasteiger partial charge is 0.340 e. The molecule has 11 heavy (non-hydrogen) atoms. The molecule has 0 saturated heterocycles. The van der Waals surface area contributed by atoms with Gasteiger partial charge in [-0.1, -0.05) is 0 Å². The average molecular weight is 164 g/mol. The lowest BCUT2D eigenvalue weighted by Crippen LogP contribution is -1.92. The number of hydrogen-bond donors (Lipinski definition) is 1. The van der Waals surface area contributed by atoms with Gasteiger partial charge in [-0.3, -0.25) is 0 Å². The molecule has 0 unspecified atom stereocenters. The fourth-order valence-electron chi connectivity index (χ4n) is 0.585. The van der Waals surface area contributed by atoms with E-state index in [1.807, 2.05) is 0 Å². The zero-order valence-corrected chi connectivity index (χ0v) is 5.14. The highest BCUT2D eigenvalue weighted by Crippen LogP contribution is 2.18. The van der Waals surface area contributed by atoms with Crippen molar-refractivity contribution in [2.75, 3.05) is 0 Å². The Morgan fingerprint density at radius 1 is 1.09 bits per heavy atom. The molecule has 0 aliphatic carbocycles. The van der Waals surface area contributed by atoms with Crippen LogP contribution in [0.2, 0.25) is 0 Å². The van der Waals surface area contributed by atoms with Crippen LogP contribution in [0.1, 0.15) is 0 Å². The molecule has 0 fully saturated rings. The van der Waals surface area contributed by atoms with E-state index in [1.54, 1.807) is 0 Å². The zero-order valence-electron chi connectivity index (χ0n) is 5.14. The smallest absolute Gasteiger partial charge is 0.194 e. The summed E-state index contributed by atoms with van der Waals surface area (Å²) in [4.78, 5) is 3.48. The van der Waals surface area contributed by atoms with Crippen molar-refractivity contribution in [1.82, 2.24) is 0 Å². The number of benzene rings is 1. The highest BCUT2D eigenvalue weighted by molar-refractivity contribution is 5.24. The van der Waals surface area contributed by atoms with Gasteiger partial charge in [0.15, 0.2) is 23.2 Å². The van der Waals surface area contributed by atoms with Crippen molar-refractivity contribution in [2.24, 2.45) is 0 Å². The van der Waals surface area contributed by atoms with Gasteiger partial charge in [0.2, 0.25) is 0 Å². The summed E-state index contributed by atoms with van der Waals surface area (Å²) in [5.41, 5.74) is 0. The van der Waals surface area contributed by atoms with Crippen LogP contribution >= 0.6 is 0 Å². The molecule has 0 bridgehead atoms. The molecular weight excluding hydrogens is 161 g/mol. The van der Waals surface area contributed by atoms with Crippen LogP contribution in [0, 0.1) is 17.5 Å². The highest BCUT2D eigenvalue weighted by Gasteiger charge is 2.10. The number of hydrogen-bond acceptors (Lipinski definition) is 2. The van der Waals surface area contributed by atoms with Gasteiger partial charge in [-0.2, -0.15) is 0 Å². The van der Waals surface area contributed by atoms with E-state index < -0.39 is 23.2 Å². The Labute approximate surface area is 59.8 Å². The first-order valence-electron chi connectivity index (χ1n) is 2.61. The Hall–Kier alpha value is -1.23. The summed E-state index contributed by atoms with van der Waals surface area (Å²) >= 11 is 0. The van der Waals surface area contributed by atoms with Gasteiger partial charge in [-0.25, -0.2) is 18.4 Å². The summed E-state index contributed by atoms with van der Waals surface area (Å²) in [7, 11) is 0. The molecule has 0 radical (unpaired) electrons. The molecule has 0 saturated carbocycles. The second-order valence-corrected chi connectivity index (χ2v) is 1.79. The summed E-state index contributed by atoms with van der Waals surface area (Å²) in [6.07, 6.45) is 0. The summed E-state index contributed by atoms with van der Waals surface area (Å²) < 4.78 is 36.6. The zero-order chi connectivity index (χ0) is 8.43. The predicted molar refractivity (Wildman–Crippen MR) is 29.6 cm³/mol. The van der Waals surface area contributed by atoms with Crippen LogP contribution in [0.3, 0.4) is 0 Å². The lowest BCUT2D eigenvalue weighted by Gasteiger charge is -1.97. The molecule has 0 spiro atoms. The van der Waals surface area contributed by atoms with E-state index in [2.05, 4.69) is 4.89 Å². The maximum atomic E-state index is 12.2. The molecule has 0 heterocycles. The maximum absolute atomic E-state index is 12.2. The molecule has 60 valence electrons. The maximum Gasteiger partial charge on any atom is 0.194 e. The molecule has 1 N–H and O–H groups in total. The van der Waals surface area contributed by atoms with E-state index in [4.69, 9.17) is 5.26 Å². The van der Waals surface area contributed by atoms with Crippen molar-refractivity contribution < 1.29 is 23.3 Å². The molecule has 0 aliphatic heterocycles.